The van der Waals surface area contributed by atoms with Crippen molar-refractivity contribution in [3.05, 3.63) is 51.1 Å². The number of amides is 1. The maximum absolute atomic E-state index is 12.1. The first-order valence-corrected chi connectivity index (χ1v) is 6.66. The highest BCUT2D eigenvalue weighted by Crippen LogP contribution is 2.29. The lowest BCUT2D eigenvalue weighted by atomic mass is 10.1. The van der Waals surface area contributed by atoms with Crippen molar-refractivity contribution in [1.82, 2.24) is 0 Å². The number of hydrogen-bond donors (Lipinski definition) is 3. The molecule has 0 saturated carbocycles. The highest BCUT2D eigenvalue weighted by atomic mass is 127. The minimum atomic E-state index is -0.460. The highest BCUT2D eigenvalue weighted by Gasteiger charge is 2.15. The van der Waals surface area contributed by atoms with Crippen LogP contribution in [0.4, 0.5) is 5.69 Å². The minimum absolute atomic E-state index is 0.0401. The van der Waals surface area contributed by atoms with Crippen molar-refractivity contribution in [3.63, 3.8) is 0 Å². The Bertz CT molecular complexity index is 641. The second kappa shape index (κ2) is 5.48. The van der Waals surface area contributed by atoms with Gasteiger partial charge in [-0.05, 0) is 59.3 Å². The van der Waals surface area contributed by atoms with Crippen LogP contribution in [0.3, 0.4) is 0 Å². The largest absolute Gasteiger partial charge is 0.504 e. The molecule has 0 radical (unpaired) electrons. The van der Waals surface area contributed by atoms with Crippen LogP contribution in [0.2, 0.25) is 0 Å². The molecule has 5 heteroatoms. The van der Waals surface area contributed by atoms with Gasteiger partial charge in [-0.25, -0.2) is 0 Å². The molecular weight excluding hydrogens is 357 g/mol. The van der Waals surface area contributed by atoms with Gasteiger partial charge in [0.05, 0.1) is 5.56 Å². The summed E-state index contributed by atoms with van der Waals surface area (Å²) in [5.74, 6) is -1.19. The van der Waals surface area contributed by atoms with Gasteiger partial charge in [0.1, 0.15) is 0 Å². The number of carbonyl (C=O) groups excluding carboxylic acids is 1. The van der Waals surface area contributed by atoms with E-state index in [1.54, 1.807) is 6.07 Å². The Morgan fingerprint density at radius 3 is 2.58 bits per heavy atom. The zero-order valence-corrected chi connectivity index (χ0v) is 12.3. The van der Waals surface area contributed by atoms with E-state index in [4.69, 9.17) is 0 Å². The van der Waals surface area contributed by atoms with Crippen LogP contribution in [0.25, 0.3) is 0 Å². The van der Waals surface area contributed by atoms with Crippen molar-refractivity contribution < 1.29 is 15.0 Å². The molecule has 0 unspecified atom stereocenters. The van der Waals surface area contributed by atoms with Crippen molar-refractivity contribution in [2.45, 2.75) is 6.92 Å². The first kappa shape index (κ1) is 13.7. The zero-order valence-electron chi connectivity index (χ0n) is 10.1. The molecule has 0 aromatic heterocycles. The maximum atomic E-state index is 12.1. The second-order valence-electron chi connectivity index (χ2n) is 4.04. The number of halogens is 1. The first-order valence-electron chi connectivity index (χ1n) is 5.58. The van der Waals surface area contributed by atoms with Gasteiger partial charge in [-0.1, -0.05) is 12.1 Å². The number of phenolic OH excluding ortho intramolecular Hbond substituents is 2. The average Bonchev–Trinajstić information content (AvgIpc) is 2.38. The Morgan fingerprint density at radius 1 is 1.16 bits per heavy atom. The molecule has 98 valence electrons. The zero-order chi connectivity index (χ0) is 14.0. The van der Waals surface area contributed by atoms with E-state index in [2.05, 4.69) is 27.9 Å². The SMILES string of the molecule is Cc1c(I)cccc1NC(=O)c1cccc(O)c1O. The number of benzene rings is 2. The van der Waals surface area contributed by atoms with Crippen LogP contribution in [0.15, 0.2) is 36.4 Å². The average molecular weight is 369 g/mol. The standard InChI is InChI=1S/C14H12INO3/c1-8-10(15)5-3-6-11(8)16-14(19)9-4-2-7-12(17)13(9)18/h2-7,17-18H,1H3,(H,16,19). The second-order valence-corrected chi connectivity index (χ2v) is 5.20. The van der Waals surface area contributed by atoms with Gasteiger partial charge < -0.3 is 15.5 Å². The Hall–Kier alpha value is -1.76. The summed E-state index contributed by atoms with van der Waals surface area (Å²) in [4.78, 5) is 12.1. The van der Waals surface area contributed by atoms with Crippen molar-refractivity contribution >= 4 is 34.2 Å². The number of anilines is 1. The molecule has 0 spiro atoms. The molecule has 0 aliphatic heterocycles. The number of hydrogen-bond acceptors (Lipinski definition) is 3. The monoisotopic (exact) mass is 369 g/mol. The Kier molecular flexibility index (Phi) is 3.94. The Balaban J connectivity index is 2.31. The summed E-state index contributed by atoms with van der Waals surface area (Å²) in [5, 5.41) is 21.8. The van der Waals surface area contributed by atoms with Crippen molar-refractivity contribution in [1.29, 1.82) is 0 Å². The number of para-hydroxylation sites is 1. The van der Waals surface area contributed by atoms with Gasteiger partial charge in [-0.2, -0.15) is 0 Å². The van der Waals surface area contributed by atoms with Crippen molar-refractivity contribution in [3.8, 4) is 11.5 Å². The highest BCUT2D eigenvalue weighted by molar-refractivity contribution is 14.1. The summed E-state index contributed by atoms with van der Waals surface area (Å²) in [7, 11) is 0. The van der Waals surface area contributed by atoms with Crippen molar-refractivity contribution in [2.75, 3.05) is 5.32 Å². The summed E-state index contributed by atoms with van der Waals surface area (Å²) in [6, 6.07) is 9.85. The summed E-state index contributed by atoms with van der Waals surface area (Å²) in [6.45, 7) is 1.90. The molecule has 4 nitrogen and oxygen atoms in total. The minimum Gasteiger partial charge on any atom is -0.504 e. The van der Waals surface area contributed by atoms with Crippen LogP contribution >= 0.6 is 22.6 Å². The third-order valence-electron chi connectivity index (χ3n) is 2.78. The van der Waals surface area contributed by atoms with E-state index < -0.39 is 11.7 Å². The quantitative estimate of drug-likeness (QED) is 0.562. The lowest BCUT2D eigenvalue weighted by Crippen LogP contribution is -2.13. The summed E-state index contributed by atoms with van der Waals surface area (Å²) in [6.07, 6.45) is 0. The van der Waals surface area contributed by atoms with Gasteiger partial charge in [-0.3, -0.25) is 4.79 Å². The summed E-state index contributed by atoms with van der Waals surface area (Å²) < 4.78 is 1.04. The lowest BCUT2D eigenvalue weighted by Gasteiger charge is -2.10. The smallest absolute Gasteiger partial charge is 0.259 e. The molecule has 0 atom stereocenters. The summed E-state index contributed by atoms with van der Waals surface area (Å²) in [5.41, 5.74) is 1.67. The van der Waals surface area contributed by atoms with E-state index in [0.29, 0.717) is 5.69 Å². The molecular formula is C14H12INO3. The molecule has 3 N–H and O–H groups in total. The summed E-state index contributed by atoms with van der Waals surface area (Å²) >= 11 is 2.18. The van der Waals surface area contributed by atoms with Crippen LogP contribution in [-0.4, -0.2) is 16.1 Å². The van der Waals surface area contributed by atoms with Crippen LogP contribution in [0.1, 0.15) is 15.9 Å². The fourth-order valence-electron chi connectivity index (χ4n) is 1.65. The van der Waals surface area contributed by atoms with Crippen LogP contribution in [0, 0.1) is 10.5 Å². The van der Waals surface area contributed by atoms with Crippen LogP contribution < -0.4 is 5.32 Å². The van der Waals surface area contributed by atoms with Gasteiger partial charge in [0.25, 0.3) is 5.91 Å². The van der Waals surface area contributed by atoms with Gasteiger partial charge in [0, 0.05) is 9.26 Å². The number of phenols is 2. The van der Waals surface area contributed by atoms with E-state index in [1.165, 1.54) is 18.2 Å². The normalized spacial score (nSPS) is 10.2. The van der Waals surface area contributed by atoms with Crippen molar-refractivity contribution in [2.24, 2.45) is 0 Å². The molecule has 2 aromatic carbocycles. The maximum Gasteiger partial charge on any atom is 0.259 e. The number of rotatable bonds is 2. The number of nitrogens with one attached hydrogen (secondary N) is 1. The molecule has 0 bridgehead atoms. The van der Waals surface area contributed by atoms with Crippen LogP contribution in [0.5, 0.6) is 11.5 Å². The van der Waals surface area contributed by atoms with Gasteiger partial charge >= 0.3 is 0 Å². The van der Waals surface area contributed by atoms with Gasteiger partial charge in [0.15, 0.2) is 11.5 Å². The molecule has 0 heterocycles. The Labute approximate surface area is 124 Å². The predicted octanol–water partition coefficient (Wildman–Crippen LogP) is 3.26. The van der Waals surface area contributed by atoms with E-state index in [-0.39, 0.29) is 11.3 Å². The molecule has 1 amide bonds. The fraction of sp³-hybridized carbons (Fsp3) is 0.0714. The first-order chi connectivity index (χ1) is 9.00. The number of carbonyl (C=O) groups is 1. The molecule has 19 heavy (non-hydrogen) atoms. The topological polar surface area (TPSA) is 69.6 Å². The third kappa shape index (κ3) is 2.81. The van der Waals surface area contributed by atoms with E-state index in [9.17, 15) is 15.0 Å². The lowest BCUT2D eigenvalue weighted by molar-refractivity contribution is 0.102. The number of aromatic hydroxyl groups is 2. The molecule has 0 fully saturated rings. The third-order valence-corrected chi connectivity index (χ3v) is 3.94. The van der Waals surface area contributed by atoms with E-state index >= 15 is 0 Å². The van der Waals surface area contributed by atoms with Crippen LogP contribution in [-0.2, 0) is 0 Å². The van der Waals surface area contributed by atoms with Gasteiger partial charge in [-0.15, -0.1) is 0 Å². The molecule has 2 rings (SSSR count). The molecule has 0 saturated heterocycles. The Morgan fingerprint density at radius 2 is 1.84 bits per heavy atom. The van der Waals surface area contributed by atoms with E-state index in [0.717, 1.165) is 9.13 Å². The van der Waals surface area contributed by atoms with Gasteiger partial charge in [0.2, 0.25) is 0 Å². The molecule has 2 aromatic rings. The van der Waals surface area contributed by atoms with E-state index in [1.807, 2.05) is 19.1 Å². The fourth-order valence-corrected chi connectivity index (χ4v) is 2.15. The molecule has 0 aliphatic carbocycles. The predicted molar refractivity (Wildman–Crippen MR) is 81.6 cm³/mol. The molecule has 0 aliphatic rings.